The Morgan fingerprint density at radius 1 is 0.900 bits per heavy atom. The topological polar surface area (TPSA) is 0 Å². The molecule has 0 aliphatic carbocycles. The van der Waals surface area contributed by atoms with Gasteiger partial charge in [-0.05, 0) is 47.9 Å². The molecule has 0 fully saturated rings. The van der Waals surface area contributed by atoms with E-state index >= 15 is 0 Å². The van der Waals surface area contributed by atoms with E-state index in [1.54, 1.807) is 0 Å². The van der Waals surface area contributed by atoms with Crippen molar-refractivity contribution in [2.75, 3.05) is 0 Å². The quantitative estimate of drug-likeness (QED) is 0.603. The lowest BCUT2D eigenvalue weighted by atomic mass is 9.99. The third-order valence-electron chi connectivity index (χ3n) is 3.64. The predicted molar refractivity (Wildman–Crippen MR) is 89.6 cm³/mol. The highest BCUT2D eigenvalue weighted by molar-refractivity contribution is 5.69. The van der Waals surface area contributed by atoms with Gasteiger partial charge in [0.15, 0.2) is 0 Å². The minimum atomic E-state index is 0.777. The summed E-state index contributed by atoms with van der Waals surface area (Å²) in [6.07, 6.45) is 4.79. The Balaban J connectivity index is 2.08. The normalized spacial score (nSPS) is 11.9. The van der Waals surface area contributed by atoms with Gasteiger partial charge in [-0.3, -0.25) is 0 Å². The molecule has 0 aliphatic heterocycles. The summed E-state index contributed by atoms with van der Waals surface area (Å²) in [5, 5.41) is 0. The van der Waals surface area contributed by atoms with E-state index in [0.717, 1.165) is 5.92 Å². The largest absolute Gasteiger partial charge is 0.0810 e. The van der Waals surface area contributed by atoms with Gasteiger partial charge in [0.25, 0.3) is 0 Å². The zero-order chi connectivity index (χ0) is 14.4. The maximum absolute atomic E-state index is 2.36. The SMILES string of the molecule is C/C(=C\CCC(C)C)c1ccc(-c2ccccc2)cc1. The Bertz CT molecular complexity index is 544. The van der Waals surface area contributed by atoms with Crippen LogP contribution in [0.4, 0.5) is 0 Å². The first-order chi connectivity index (χ1) is 9.66. The monoisotopic (exact) mass is 264 g/mol. The van der Waals surface area contributed by atoms with E-state index in [-0.39, 0.29) is 0 Å². The zero-order valence-corrected chi connectivity index (χ0v) is 12.8. The summed E-state index contributed by atoms with van der Waals surface area (Å²) < 4.78 is 0. The average Bonchev–Trinajstić information content (AvgIpc) is 2.48. The molecule has 20 heavy (non-hydrogen) atoms. The van der Waals surface area contributed by atoms with E-state index in [4.69, 9.17) is 0 Å². The van der Waals surface area contributed by atoms with Gasteiger partial charge < -0.3 is 0 Å². The van der Waals surface area contributed by atoms with Crippen LogP contribution in [0.2, 0.25) is 0 Å². The highest BCUT2D eigenvalue weighted by Gasteiger charge is 1.99. The molecule has 0 nitrogen and oxygen atoms in total. The van der Waals surface area contributed by atoms with Crippen LogP contribution in [0, 0.1) is 5.92 Å². The second kappa shape index (κ2) is 7.09. The molecule has 0 bridgehead atoms. The van der Waals surface area contributed by atoms with Crippen LogP contribution in [0.1, 0.15) is 39.2 Å². The highest BCUT2D eigenvalue weighted by Crippen LogP contribution is 2.22. The minimum Gasteiger partial charge on any atom is -0.0810 e. The Kier molecular flexibility index (Phi) is 5.17. The summed E-state index contributed by atoms with van der Waals surface area (Å²) in [7, 11) is 0. The van der Waals surface area contributed by atoms with E-state index in [1.165, 1.54) is 35.1 Å². The van der Waals surface area contributed by atoms with Crippen LogP contribution >= 0.6 is 0 Å². The molecule has 2 rings (SSSR count). The molecule has 0 N–H and O–H groups in total. The Labute approximate surface area is 123 Å². The van der Waals surface area contributed by atoms with Crippen LogP contribution in [-0.2, 0) is 0 Å². The second-order valence-corrected chi connectivity index (χ2v) is 5.80. The van der Waals surface area contributed by atoms with Gasteiger partial charge in [0, 0.05) is 0 Å². The lowest BCUT2D eigenvalue weighted by Gasteiger charge is -2.06. The van der Waals surface area contributed by atoms with Gasteiger partial charge in [0.05, 0.1) is 0 Å². The van der Waals surface area contributed by atoms with E-state index in [9.17, 15) is 0 Å². The van der Waals surface area contributed by atoms with Crippen molar-refractivity contribution in [3.8, 4) is 11.1 Å². The number of rotatable bonds is 5. The maximum Gasteiger partial charge on any atom is -0.0184 e. The molecule has 0 saturated heterocycles. The fourth-order valence-electron chi connectivity index (χ4n) is 2.31. The smallest absolute Gasteiger partial charge is 0.0184 e. The fourth-order valence-corrected chi connectivity index (χ4v) is 2.31. The number of allylic oxidation sites excluding steroid dienone is 2. The minimum absolute atomic E-state index is 0.777. The summed E-state index contributed by atoms with van der Waals surface area (Å²) >= 11 is 0. The lowest BCUT2D eigenvalue weighted by Crippen LogP contribution is -1.86. The van der Waals surface area contributed by atoms with Crippen molar-refractivity contribution in [2.24, 2.45) is 5.92 Å². The summed E-state index contributed by atoms with van der Waals surface area (Å²) in [4.78, 5) is 0. The van der Waals surface area contributed by atoms with Crippen LogP contribution in [0.3, 0.4) is 0 Å². The van der Waals surface area contributed by atoms with Gasteiger partial charge in [-0.25, -0.2) is 0 Å². The van der Waals surface area contributed by atoms with Crippen LogP contribution in [0.25, 0.3) is 16.7 Å². The van der Waals surface area contributed by atoms with E-state index in [0.29, 0.717) is 0 Å². The molecule has 0 unspecified atom stereocenters. The van der Waals surface area contributed by atoms with Crippen LogP contribution in [0.15, 0.2) is 60.7 Å². The van der Waals surface area contributed by atoms with Crippen molar-refractivity contribution in [1.82, 2.24) is 0 Å². The summed E-state index contributed by atoms with van der Waals surface area (Å²) in [5.41, 5.74) is 5.27. The highest BCUT2D eigenvalue weighted by atomic mass is 14.0. The van der Waals surface area contributed by atoms with Gasteiger partial charge in [-0.1, -0.05) is 74.5 Å². The first kappa shape index (κ1) is 14.6. The van der Waals surface area contributed by atoms with Crippen LogP contribution in [-0.4, -0.2) is 0 Å². The molecule has 0 heteroatoms. The first-order valence-electron chi connectivity index (χ1n) is 7.49. The van der Waals surface area contributed by atoms with Gasteiger partial charge in [0.2, 0.25) is 0 Å². The predicted octanol–water partition coefficient (Wildman–Crippen LogP) is 6.19. The third-order valence-corrected chi connectivity index (χ3v) is 3.64. The van der Waals surface area contributed by atoms with Crippen LogP contribution < -0.4 is 0 Å². The van der Waals surface area contributed by atoms with Crippen molar-refractivity contribution in [1.29, 1.82) is 0 Å². The molecule has 0 aromatic heterocycles. The molecule has 0 aliphatic rings. The maximum atomic E-state index is 2.36. The Hall–Kier alpha value is -1.82. The van der Waals surface area contributed by atoms with Crippen molar-refractivity contribution in [3.05, 3.63) is 66.2 Å². The van der Waals surface area contributed by atoms with Gasteiger partial charge in [-0.2, -0.15) is 0 Å². The molecular formula is C20H24. The Morgan fingerprint density at radius 3 is 2.10 bits per heavy atom. The van der Waals surface area contributed by atoms with Crippen LogP contribution in [0.5, 0.6) is 0 Å². The number of hydrogen-bond acceptors (Lipinski definition) is 0. The number of hydrogen-bond donors (Lipinski definition) is 0. The molecule has 0 spiro atoms. The molecule has 104 valence electrons. The zero-order valence-electron chi connectivity index (χ0n) is 12.8. The lowest BCUT2D eigenvalue weighted by molar-refractivity contribution is 0.594. The molecule has 0 saturated carbocycles. The van der Waals surface area contributed by atoms with Crippen molar-refractivity contribution in [2.45, 2.75) is 33.6 Å². The summed E-state index contributed by atoms with van der Waals surface area (Å²) in [6.45, 7) is 6.76. The Morgan fingerprint density at radius 2 is 1.50 bits per heavy atom. The van der Waals surface area contributed by atoms with Gasteiger partial charge >= 0.3 is 0 Å². The number of benzene rings is 2. The molecule has 0 heterocycles. The standard InChI is InChI=1S/C20H24/c1-16(2)8-7-9-17(3)18-12-14-20(15-13-18)19-10-5-4-6-11-19/h4-6,9-16H,7-8H2,1-3H3/b17-9+. The molecule has 2 aromatic rings. The fraction of sp³-hybridized carbons (Fsp3) is 0.300. The van der Waals surface area contributed by atoms with E-state index < -0.39 is 0 Å². The van der Waals surface area contributed by atoms with Gasteiger partial charge in [0.1, 0.15) is 0 Å². The van der Waals surface area contributed by atoms with E-state index in [2.05, 4.69) is 81.4 Å². The first-order valence-corrected chi connectivity index (χ1v) is 7.49. The molecule has 2 aromatic carbocycles. The average molecular weight is 264 g/mol. The summed E-state index contributed by atoms with van der Waals surface area (Å²) in [5.74, 6) is 0.777. The molecular weight excluding hydrogens is 240 g/mol. The second-order valence-electron chi connectivity index (χ2n) is 5.80. The van der Waals surface area contributed by atoms with Gasteiger partial charge in [-0.15, -0.1) is 0 Å². The molecule has 0 radical (unpaired) electrons. The summed E-state index contributed by atoms with van der Waals surface area (Å²) in [6, 6.07) is 19.4. The van der Waals surface area contributed by atoms with Crippen molar-refractivity contribution in [3.63, 3.8) is 0 Å². The third kappa shape index (κ3) is 4.09. The van der Waals surface area contributed by atoms with Crippen molar-refractivity contribution >= 4 is 5.57 Å². The molecule has 0 amide bonds. The molecule has 0 atom stereocenters. The van der Waals surface area contributed by atoms with E-state index in [1.807, 2.05) is 0 Å². The van der Waals surface area contributed by atoms with Crippen molar-refractivity contribution < 1.29 is 0 Å².